The van der Waals surface area contributed by atoms with Crippen LogP contribution in [0.1, 0.15) is 5.56 Å². The van der Waals surface area contributed by atoms with Gasteiger partial charge < -0.3 is 0 Å². The molecule has 0 bridgehead atoms. The quantitative estimate of drug-likeness (QED) is 0.864. The molecule has 3 nitrogen and oxygen atoms in total. The minimum Gasteiger partial charge on any atom is -0.286 e. The van der Waals surface area contributed by atoms with Crippen molar-refractivity contribution in [3.8, 4) is 0 Å². The second-order valence-electron chi connectivity index (χ2n) is 3.22. The number of nitrogens with one attached hydrogen (secondary N) is 1. The summed E-state index contributed by atoms with van der Waals surface area (Å²) in [6, 6.07) is 7.30. The molecule has 1 aliphatic rings. The molecule has 1 aromatic carbocycles. The summed E-state index contributed by atoms with van der Waals surface area (Å²) in [5, 5.41) is 2.30. The Hall–Kier alpha value is -1.000. The highest BCUT2D eigenvalue weighted by molar-refractivity contribution is 8.15. The highest BCUT2D eigenvalue weighted by Crippen LogP contribution is 2.23. The van der Waals surface area contributed by atoms with Crippen LogP contribution in [0, 0.1) is 0 Å². The van der Waals surface area contributed by atoms with E-state index in [9.17, 15) is 9.59 Å². The van der Waals surface area contributed by atoms with Crippen LogP contribution >= 0.6 is 23.4 Å². The van der Waals surface area contributed by atoms with Crippen molar-refractivity contribution in [2.24, 2.45) is 0 Å². The molecule has 2 amide bonds. The third-order valence-electron chi connectivity index (χ3n) is 2.08. The Kier molecular flexibility index (Phi) is 2.98. The Bertz CT molecular complexity index is 422. The van der Waals surface area contributed by atoms with E-state index in [0.29, 0.717) is 11.4 Å². The Balaban J connectivity index is 2.09. The molecule has 1 fully saturated rings. The summed E-state index contributed by atoms with van der Waals surface area (Å²) in [4.78, 5) is 22.2. The zero-order valence-electron chi connectivity index (χ0n) is 7.70. The first-order valence-corrected chi connectivity index (χ1v) is 5.67. The summed E-state index contributed by atoms with van der Waals surface area (Å²) in [5.74, 6) is -0.218. The summed E-state index contributed by atoms with van der Waals surface area (Å²) in [5.41, 5.74) is 0.963. The fourth-order valence-electron chi connectivity index (χ4n) is 1.41. The van der Waals surface area contributed by atoms with Gasteiger partial charge >= 0.3 is 0 Å². The summed E-state index contributed by atoms with van der Waals surface area (Å²) in [7, 11) is 0. The lowest BCUT2D eigenvalue weighted by atomic mass is 10.1. The van der Waals surface area contributed by atoms with E-state index in [1.807, 2.05) is 12.1 Å². The molecular formula is C10H8ClNO2S. The number of amides is 2. The molecule has 1 aromatic rings. The lowest BCUT2D eigenvalue weighted by molar-refractivity contribution is -0.118. The number of thioether (sulfide) groups is 1. The summed E-state index contributed by atoms with van der Waals surface area (Å²) in [6.07, 6.45) is 0.531. The number of imide groups is 1. The Morgan fingerprint density at radius 1 is 1.40 bits per heavy atom. The SMILES string of the molecule is O=C1NC(=O)[C@@H](Cc2cccc(Cl)c2)S1. The number of carbonyl (C=O) groups excluding carboxylic acids is 2. The van der Waals surface area contributed by atoms with Crippen LogP contribution in [0.25, 0.3) is 0 Å². The first kappa shape index (κ1) is 10.5. The fourth-order valence-corrected chi connectivity index (χ4v) is 2.48. The highest BCUT2D eigenvalue weighted by Gasteiger charge is 2.31. The Morgan fingerprint density at radius 2 is 2.20 bits per heavy atom. The van der Waals surface area contributed by atoms with E-state index in [1.165, 1.54) is 0 Å². The third kappa shape index (κ3) is 2.52. The second-order valence-corrected chi connectivity index (χ2v) is 4.83. The maximum absolute atomic E-state index is 11.3. The van der Waals surface area contributed by atoms with E-state index in [0.717, 1.165) is 17.3 Å². The molecule has 0 saturated carbocycles. The van der Waals surface area contributed by atoms with Gasteiger partial charge in [-0.3, -0.25) is 14.9 Å². The van der Waals surface area contributed by atoms with Crippen molar-refractivity contribution < 1.29 is 9.59 Å². The number of halogens is 1. The van der Waals surface area contributed by atoms with E-state index in [1.54, 1.807) is 12.1 Å². The lowest BCUT2D eigenvalue weighted by Crippen LogP contribution is -2.25. The molecule has 1 atom stereocenters. The van der Waals surface area contributed by atoms with Crippen LogP contribution in [0.2, 0.25) is 5.02 Å². The molecular weight excluding hydrogens is 234 g/mol. The van der Waals surface area contributed by atoms with Crippen molar-refractivity contribution in [2.45, 2.75) is 11.7 Å². The fraction of sp³-hybridized carbons (Fsp3) is 0.200. The van der Waals surface area contributed by atoms with Crippen molar-refractivity contribution in [3.05, 3.63) is 34.9 Å². The van der Waals surface area contributed by atoms with Gasteiger partial charge in [-0.2, -0.15) is 0 Å². The van der Waals surface area contributed by atoms with Crippen LogP contribution in [0.5, 0.6) is 0 Å². The van der Waals surface area contributed by atoms with Gasteiger partial charge in [0.2, 0.25) is 5.91 Å². The van der Waals surface area contributed by atoms with Crippen LogP contribution in [-0.2, 0) is 11.2 Å². The Morgan fingerprint density at radius 3 is 2.80 bits per heavy atom. The first-order chi connectivity index (χ1) is 7.15. The zero-order valence-corrected chi connectivity index (χ0v) is 9.27. The molecule has 1 aliphatic heterocycles. The largest absolute Gasteiger partial charge is 0.286 e. The molecule has 1 saturated heterocycles. The van der Waals surface area contributed by atoms with Crippen molar-refractivity contribution >= 4 is 34.5 Å². The monoisotopic (exact) mass is 241 g/mol. The van der Waals surface area contributed by atoms with E-state index in [4.69, 9.17) is 11.6 Å². The van der Waals surface area contributed by atoms with Gasteiger partial charge in [0.1, 0.15) is 0 Å². The van der Waals surface area contributed by atoms with Gasteiger partial charge in [0, 0.05) is 5.02 Å². The predicted molar refractivity (Wildman–Crippen MR) is 60.1 cm³/mol. The topological polar surface area (TPSA) is 46.2 Å². The molecule has 0 aromatic heterocycles. The molecule has 0 aliphatic carbocycles. The van der Waals surface area contributed by atoms with E-state index >= 15 is 0 Å². The van der Waals surface area contributed by atoms with E-state index in [2.05, 4.69) is 5.32 Å². The van der Waals surface area contributed by atoms with Gasteiger partial charge in [0.15, 0.2) is 0 Å². The maximum Gasteiger partial charge on any atom is 0.286 e. The molecule has 0 unspecified atom stereocenters. The molecule has 5 heteroatoms. The molecule has 0 spiro atoms. The standard InChI is InChI=1S/C10H8ClNO2S/c11-7-3-1-2-6(4-7)5-8-9(13)12-10(14)15-8/h1-4,8H,5H2,(H,12,13,14)/t8-/m1/s1. The maximum atomic E-state index is 11.3. The summed E-state index contributed by atoms with van der Waals surface area (Å²) < 4.78 is 0. The highest BCUT2D eigenvalue weighted by atomic mass is 35.5. The second kappa shape index (κ2) is 4.24. The average Bonchev–Trinajstić information content (AvgIpc) is 2.45. The minimum atomic E-state index is -0.323. The van der Waals surface area contributed by atoms with Gasteiger partial charge in [-0.25, -0.2) is 0 Å². The molecule has 2 rings (SSSR count). The first-order valence-electron chi connectivity index (χ1n) is 4.41. The number of benzene rings is 1. The molecule has 1 heterocycles. The van der Waals surface area contributed by atoms with Gasteiger partial charge in [0.05, 0.1) is 5.25 Å². The summed E-state index contributed by atoms with van der Waals surface area (Å²) in [6.45, 7) is 0. The van der Waals surface area contributed by atoms with Crippen LogP contribution in [0.15, 0.2) is 24.3 Å². The van der Waals surface area contributed by atoms with Crippen LogP contribution in [0.4, 0.5) is 4.79 Å². The molecule has 78 valence electrons. The van der Waals surface area contributed by atoms with Crippen LogP contribution in [-0.4, -0.2) is 16.4 Å². The van der Waals surface area contributed by atoms with Crippen molar-refractivity contribution in [1.82, 2.24) is 5.32 Å². The van der Waals surface area contributed by atoms with Gasteiger partial charge in [0.25, 0.3) is 5.24 Å². The summed E-state index contributed by atoms with van der Waals surface area (Å²) >= 11 is 6.85. The predicted octanol–water partition coefficient (Wildman–Crippen LogP) is 2.23. The molecule has 0 radical (unpaired) electrons. The molecule has 15 heavy (non-hydrogen) atoms. The normalized spacial score (nSPS) is 20.5. The number of rotatable bonds is 2. The van der Waals surface area contributed by atoms with Crippen molar-refractivity contribution in [1.29, 1.82) is 0 Å². The number of hydrogen-bond donors (Lipinski definition) is 1. The third-order valence-corrected chi connectivity index (χ3v) is 3.29. The molecule has 1 N–H and O–H groups in total. The lowest BCUT2D eigenvalue weighted by Gasteiger charge is -2.04. The van der Waals surface area contributed by atoms with Crippen molar-refractivity contribution in [3.63, 3.8) is 0 Å². The Labute approximate surface area is 96.2 Å². The minimum absolute atomic E-state index is 0.218. The van der Waals surface area contributed by atoms with E-state index < -0.39 is 0 Å². The number of carbonyl (C=O) groups is 2. The zero-order chi connectivity index (χ0) is 10.8. The van der Waals surface area contributed by atoms with Crippen LogP contribution < -0.4 is 5.32 Å². The van der Waals surface area contributed by atoms with Gasteiger partial charge in [-0.15, -0.1) is 0 Å². The van der Waals surface area contributed by atoms with Crippen LogP contribution in [0.3, 0.4) is 0 Å². The smallest absolute Gasteiger partial charge is 0.286 e. The van der Waals surface area contributed by atoms with E-state index in [-0.39, 0.29) is 16.4 Å². The number of hydrogen-bond acceptors (Lipinski definition) is 3. The van der Waals surface area contributed by atoms with Gasteiger partial charge in [-0.05, 0) is 24.1 Å². The van der Waals surface area contributed by atoms with Crippen molar-refractivity contribution in [2.75, 3.05) is 0 Å². The average molecular weight is 242 g/mol. The van der Waals surface area contributed by atoms with Gasteiger partial charge in [-0.1, -0.05) is 35.5 Å².